The first kappa shape index (κ1) is 26.7. The van der Waals surface area contributed by atoms with Gasteiger partial charge in [0.25, 0.3) is 5.56 Å². The van der Waals surface area contributed by atoms with Crippen LogP contribution in [-0.2, 0) is 11.7 Å². The van der Waals surface area contributed by atoms with E-state index in [2.05, 4.69) is 25.4 Å². The van der Waals surface area contributed by atoms with Crippen molar-refractivity contribution in [2.45, 2.75) is 38.5 Å². The summed E-state index contributed by atoms with van der Waals surface area (Å²) in [5.74, 6) is 1.18. The molecule has 9 nitrogen and oxygen atoms in total. The van der Waals surface area contributed by atoms with Gasteiger partial charge in [-0.05, 0) is 73.7 Å². The maximum absolute atomic E-state index is 13.4. The van der Waals surface area contributed by atoms with Gasteiger partial charge in [0, 0.05) is 48.3 Å². The van der Waals surface area contributed by atoms with Crippen molar-refractivity contribution in [2.24, 2.45) is 0 Å². The molecule has 4 aromatic rings. The normalized spacial score (nSPS) is 16.0. The fraction of sp³-hybridized carbons (Fsp3) is 0.407. The lowest BCUT2D eigenvalue weighted by Crippen LogP contribution is -2.49. The average Bonchev–Trinajstić information content (AvgIpc) is 3.39. The van der Waals surface area contributed by atoms with Crippen molar-refractivity contribution >= 4 is 16.6 Å². The number of hydrogen-bond acceptors (Lipinski definition) is 7. The molecule has 1 unspecified atom stereocenters. The third-order valence-electron chi connectivity index (χ3n) is 6.97. The first-order valence-corrected chi connectivity index (χ1v) is 12.6. The number of fused-ring (bicyclic) bond motifs is 1. The van der Waals surface area contributed by atoms with E-state index in [-0.39, 0.29) is 5.56 Å². The van der Waals surface area contributed by atoms with Crippen molar-refractivity contribution in [3.05, 3.63) is 75.8 Å². The van der Waals surface area contributed by atoms with E-state index in [9.17, 15) is 18.0 Å². The van der Waals surface area contributed by atoms with Crippen molar-refractivity contribution in [3.63, 3.8) is 0 Å². The summed E-state index contributed by atoms with van der Waals surface area (Å²) in [6.45, 7) is 7.82. The van der Waals surface area contributed by atoms with E-state index in [4.69, 9.17) is 4.74 Å². The molecular formula is C27H30F3N7O2. The molecule has 1 aliphatic heterocycles. The SMILES string of the molecule is COc1ccc2[nH]c(=O)c(C(c3nnnn3C(C)(C)C)N3CCN(c4cccc(C(F)(F)F)c4)CC3)cc2c1. The van der Waals surface area contributed by atoms with Crippen molar-refractivity contribution in [2.75, 3.05) is 38.2 Å². The number of aromatic amines is 1. The zero-order valence-electron chi connectivity index (χ0n) is 22.2. The molecule has 1 fully saturated rings. The molecule has 1 saturated heterocycles. The summed E-state index contributed by atoms with van der Waals surface area (Å²) in [4.78, 5) is 20.4. The number of ether oxygens (including phenoxy) is 1. The fourth-order valence-corrected chi connectivity index (χ4v) is 4.99. The van der Waals surface area contributed by atoms with Crippen molar-refractivity contribution < 1.29 is 17.9 Å². The van der Waals surface area contributed by atoms with Gasteiger partial charge in [-0.1, -0.05) is 6.07 Å². The minimum absolute atomic E-state index is 0.263. The zero-order chi connectivity index (χ0) is 27.9. The Morgan fingerprint density at radius 1 is 1.00 bits per heavy atom. The summed E-state index contributed by atoms with van der Waals surface area (Å²) < 4.78 is 47.0. The van der Waals surface area contributed by atoms with Crippen LogP contribution in [0.1, 0.15) is 43.8 Å². The van der Waals surface area contributed by atoms with Gasteiger partial charge in [-0.2, -0.15) is 13.2 Å². The summed E-state index contributed by atoms with van der Waals surface area (Å²) in [6.07, 6.45) is -4.41. The standard InChI is InChI=1S/C27H30F3N7O2/c1-26(2,3)37-24(32-33-34-37)23(21-15-17-14-20(39-4)8-9-22(17)31-25(21)38)36-12-10-35(11-13-36)19-7-5-6-18(16-19)27(28,29)30/h5-9,14-16,23H,10-13H2,1-4H3,(H,31,38). The number of benzene rings is 2. The highest BCUT2D eigenvalue weighted by atomic mass is 19.4. The number of hydrogen-bond donors (Lipinski definition) is 1. The number of nitrogens with one attached hydrogen (secondary N) is 1. The first-order chi connectivity index (χ1) is 18.5. The van der Waals surface area contributed by atoms with E-state index in [1.807, 2.05) is 37.8 Å². The van der Waals surface area contributed by atoms with Crippen molar-refractivity contribution in [1.82, 2.24) is 30.1 Å². The largest absolute Gasteiger partial charge is 0.497 e. The molecule has 2 aromatic heterocycles. The van der Waals surface area contributed by atoms with E-state index in [1.54, 1.807) is 30.0 Å². The molecule has 0 saturated carbocycles. The van der Waals surface area contributed by atoms with E-state index < -0.39 is 23.3 Å². The minimum atomic E-state index is -4.41. The molecule has 0 bridgehead atoms. The molecule has 39 heavy (non-hydrogen) atoms. The second kappa shape index (κ2) is 9.99. The van der Waals surface area contributed by atoms with E-state index in [0.717, 1.165) is 11.5 Å². The molecule has 0 spiro atoms. The second-order valence-electron chi connectivity index (χ2n) is 10.6. The van der Waals surface area contributed by atoms with Gasteiger partial charge < -0.3 is 14.6 Å². The number of aromatic nitrogens is 5. The number of methoxy groups -OCH3 is 1. The van der Waals surface area contributed by atoms with Crippen LogP contribution in [0, 0.1) is 0 Å². The van der Waals surface area contributed by atoms with E-state index in [0.29, 0.717) is 54.5 Å². The minimum Gasteiger partial charge on any atom is -0.497 e. The molecule has 0 radical (unpaired) electrons. The highest BCUT2D eigenvalue weighted by molar-refractivity contribution is 5.80. The number of rotatable bonds is 5. The molecule has 0 amide bonds. The van der Waals surface area contributed by atoms with Gasteiger partial charge in [-0.3, -0.25) is 9.69 Å². The van der Waals surface area contributed by atoms with Crippen LogP contribution in [0.5, 0.6) is 5.75 Å². The predicted molar refractivity (Wildman–Crippen MR) is 141 cm³/mol. The summed E-state index contributed by atoms with van der Waals surface area (Å²) in [5.41, 5.74) is 0.265. The number of halogens is 3. The summed E-state index contributed by atoms with van der Waals surface area (Å²) in [5, 5.41) is 13.3. The third kappa shape index (κ3) is 5.33. The summed E-state index contributed by atoms with van der Waals surface area (Å²) >= 11 is 0. The number of tetrazole rings is 1. The molecular weight excluding hydrogens is 511 g/mol. The predicted octanol–water partition coefficient (Wildman–Crippen LogP) is 4.21. The molecule has 1 atom stereocenters. The molecule has 206 valence electrons. The number of anilines is 1. The number of H-pyrrole nitrogens is 1. The van der Waals surface area contributed by atoms with Gasteiger partial charge in [0.15, 0.2) is 5.82 Å². The molecule has 0 aliphatic carbocycles. The average molecular weight is 542 g/mol. The number of pyridine rings is 1. The van der Waals surface area contributed by atoms with Crippen LogP contribution in [0.2, 0.25) is 0 Å². The Hall–Kier alpha value is -3.93. The molecule has 2 aromatic carbocycles. The second-order valence-corrected chi connectivity index (χ2v) is 10.6. The lowest BCUT2D eigenvalue weighted by atomic mass is 10.0. The number of nitrogens with zero attached hydrogens (tertiary/aromatic N) is 6. The van der Waals surface area contributed by atoms with Gasteiger partial charge in [0.1, 0.15) is 11.8 Å². The fourth-order valence-electron chi connectivity index (χ4n) is 4.99. The Labute approximate surface area is 223 Å². The van der Waals surface area contributed by atoms with Crippen LogP contribution >= 0.6 is 0 Å². The summed E-state index contributed by atoms with van der Waals surface area (Å²) in [7, 11) is 1.58. The maximum atomic E-state index is 13.4. The Balaban J connectivity index is 1.53. The zero-order valence-corrected chi connectivity index (χ0v) is 22.2. The van der Waals surface area contributed by atoms with Gasteiger partial charge >= 0.3 is 6.18 Å². The Morgan fingerprint density at radius 3 is 2.41 bits per heavy atom. The molecule has 1 aliphatic rings. The molecule has 3 heterocycles. The van der Waals surface area contributed by atoms with Gasteiger partial charge in [-0.15, -0.1) is 5.10 Å². The van der Waals surface area contributed by atoms with Crippen LogP contribution in [0.3, 0.4) is 0 Å². The first-order valence-electron chi connectivity index (χ1n) is 12.6. The topological polar surface area (TPSA) is 92.2 Å². The lowest BCUT2D eigenvalue weighted by Gasteiger charge is -2.40. The molecule has 12 heteroatoms. The summed E-state index contributed by atoms with van der Waals surface area (Å²) in [6, 6.07) is 12.0. The highest BCUT2D eigenvalue weighted by Gasteiger charge is 2.36. The molecule has 5 rings (SSSR count). The highest BCUT2D eigenvalue weighted by Crippen LogP contribution is 2.34. The smallest absolute Gasteiger partial charge is 0.416 e. The van der Waals surface area contributed by atoms with Gasteiger partial charge in [-0.25, -0.2) is 4.68 Å². The lowest BCUT2D eigenvalue weighted by molar-refractivity contribution is -0.137. The van der Waals surface area contributed by atoms with Crippen LogP contribution < -0.4 is 15.2 Å². The monoisotopic (exact) mass is 541 g/mol. The van der Waals surface area contributed by atoms with Crippen molar-refractivity contribution in [3.8, 4) is 5.75 Å². The Bertz CT molecular complexity index is 1530. The van der Waals surface area contributed by atoms with E-state index in [1.165, 1.54) is 12.1 Å². The Morgan fingerprint density at radius 2 is 1.74 bits per heavy atom. The number of piperazine rings is 1. The van der Waals surface area contributed by atoms with E-state index >= 15 is 0 Å². The van der Waals surface area contributed by atoms with Crippen LogP contribution in [0.25, 0.3) is 10.9 Å². The van der Waals surface area contributed by atoms with Gasteiger partial charge in [0.2, 0.25) is 0 Å². The van der Waals surface area contributed by atoms with Crippen LogP contribution in [0.15, 0.2) is 53.3 Å². The molecule has 1 N–H and O–H groups in total. The van der Waals surface area contributed by atoms with Crippen LogP contribution in [0.4, 0.5) is 18.9 Å². The van der Waals surface area contributed by atoms with Gasteiger partial charge in [0.05, 0.1) is 18.2 Å². The Kier molecular flexibility index (Phi) is 6.83. The van der Waals surface area contributed by atoms with Crippen LogP contribution in [-0.4, -0.2) is 63.4 Å². The third-order valence-corrected chi connectivity index (χ3v) is 6.97. The van der Waals surface area contributed by atoms with Crippen molar-refractivity contribution in [1.29, 1.82) is 0 Å². The quantitative estimate of drug-likeness (QED) is 0.405. The maximum Gasteiger partial charge on any atom is 0.416 e. The number of alkyl halides is 3.